The predicted octanol–water partition coefficient (Wildman–Crippen LogP) is 1.65. The van der Waals surface area contributed by atoms with Crippen molar-refractivity contribution >= 4 is 34.3 Å². The monoisotopic (exact) mass is 392 g/mol. The minimum absolute atomic E-state index is 0.170. The molecule has 0 saturated heterocycles. The first-order valence-electron chi connectivity index (χ1n) is 9.00. The van der Waals surface area contributed by atoms with Crippen LogP contribution in [0.1, 0.15) is 27.6 Å². The number of benzene rings is 2. The first-order chi connectivity index (χ1) is 13.9. The third-order valence-corrected chi connectivity index (χ3v) is 4.16. The van der Waals surface area contributed by atoms with Crippen LogP contribution in [0.4, 0.5) is 5.69 Å². The molecule has 3 aromatic rings. The van der Waals surface area contributed by atoms with Crippen LogP contribution in [0.5, 0.6) is 0 Å². The number of para-hydroxylation sites is 1. The van der Waals surface area contributed by atoms with Gasteiger partial charge in [0.25, 0.3) is 11.8 Å². The minimum Gasteiger partial charge on any atom is -0.355 e. The highest BCUT2D eigenvalue weighted by atomic mass is 16.2. The van der Waals surface area contributed by atoms with E-state index in [9.17, 15) is 19.2 Å². The Morgan fingerprint density at radius 3 is 2.45 bits per heavy atom. The Morgan fingerprint density at radius 2 is 1.66 bits per heavy atom. The molecule has 8 nitrogen and oxygen atoms in total. The van der Waals surface area contributed by atoms with E-state index in [1.165, 1.54) is 13.0 Å². The average molecular weight is 392 g/mol. The van der Waals surface area contributed by atoms with Gasteiger partial charge in [0.15, 0.2) is 0 Å². The molecule has 0 fully saturated rings. The molecule has 3 rings (SSSR count). The van der Waals surface area contributed by atoms with Crippen molar-refractivity contribution < 1.29 is 14.4 Å². The van der Waals surface area contributed by atoms with E-state index in [0.717, 1.165) is 0 Å². The highest BCUT2D eigenvalue weighted by Crippen LogP contribution is 2.17. The van der Waals surface area contributed by atoms with Gasteiger partial charge in [-0.3, -0.25) is 19.2 Å². The van der Waals surface area contributed by atoms with Crippen molar-refractivity contribution in [2.45, 2.75) is 6.92 Å². The first-order valence-corrected chi connectivity index (χ1v) is 9.00. The van der Waals surface area contributed by atoms with E-state index < -0.39 is 5.91 Å². The highest BCUT2D eigenvalue weighted by molar-refractivity contribution is 6.12. The van der Waals surface area contributed by atoms with Crippen molar-refractivity contribution in [3.8, 4) is 0 Å². The largest absolute Gasteiger partial charge is 0.355 e. The molecule has 3 amide bonds. The lowest BCUT2D eigenvalue weighted by Gasteiger charge is -2.10. The summed E-state index contributed by atoms with van der Waals surface area (Å²) in [6, 6.07) is 14.7. The van der Waals surface area contributed by atoms with Crippen molar-refractivity contribution in [3.05, 3.63) is 76.1 Å². The lowest BCUT2D eigenvalue weighted by Crippen LogP contribution is -2.33. The zero-order valence-electron chi connectivity index (χ0n) is 15.7. The zero-order chi connectivity index (χ0) is 20.8. The van der Waals surface area contributed by atoms with E-state index in [-0.39, 0.29) is 29.5 Å². The Balaban J connectivity index is 1.74. The molecule has 0 saturated carbocycles. The van der Waals surface area contributed by atoms with Gasteiger partial charge in [0, 0.05) is 48.2 Å². The number of pyridine rings is 1. The Labute approximate surface area is 166 Å². The van der Waals surface area contributed by atoms with Gasteiger partial charge in [0.1, 0.15) is 0 Å². The van der Waals surface area contributed by atoms with Crippen LogP contribution < -0.4 is 21.5 Å². The summed E-state index contributed by atoms with van der Waals surface area (Å²) >= 11 is 0. The molecule has 29 heavy (non-hydrogen) atoms. The summed E-state index contributed by atoms with van der Waals surface area (Å²) in [5.74, 6) is -0.945. The number of aromatic amines is 1. The molecule has 0 aliphatic carbocycles. The molecule has 4 N–H and O–H groups in total. The maximum Gasteiger partial charge on any atom is 0.256 e. The fourth-order valence-electron chi connectivity index (χ4n) is 2.85. The molecule has 2 aromatic carbocycles. The molecule has 1 heterocycles. The molecule has 0 spiro atoms. The number of amides is 3. The number of anilines is 1. The second kappa shape index (κ2) is 8.83. The Morgan fingerprint density at radius 1 is 0.897 bits per heavy atom. The highest BCUT2D eigenvalue weighted by Gasteiger charge is 2.13. The summed E-state index contributed by atoms with van der Waals surface area (Å²) in [4.78, 5) is 50.4. The van der Waals surface area contributed by atoms with Gasteiger partial charge < -0.3 is 20.9 Å². The number of carbonyl (C=O) groups is 3. The first kappa shape index (κ1) is 19.8. The number of hydrogen-bond donors (Lipinski definition) is 4. The molecule has 0 atom stereocenters. The van der Waals surface area contributed by atoms with E-state index in [2.05, 4.69) is 20.9 Å². The van der Waals surface area contributed by atoms with Crippen LogP contribution in [-0.2, 0) is 4.79 Å². The SMILES string of the molecule is CC(=O)NCCNC(=O)c1cccc(NC(=O)c2cc(=O)[nH]c3ccccc23)c1. The Bertz CT molecular complexity index is 1140. The molecular formula is C21H20N4O4. The van der Waals surface area contributed by atoms with Crippen LogP contribution in [0.2, 0.25) is 0 Å². The Kier molecular flexibility index (Phi) is 6.03. The van der Waals surface area contributed by atoms with Crippen LogP contribution in [0, 0.1) is 0 Å². The second-order valence-corrected chi connectivity index (χ2v) is 6.37. The van der Waals surface area contributed by atoms with Gasteiger partial charge in [-0.2, -0.15) is 0 Å². The van der Waals surface area contributed by atoms with Gasteiger partial charge in [-0.05, 0) is 24.3 Å². The standard InChI is InChI=1S/C21H20N4O4/c1-13(26)22-9-10-23-20(28)14-5-4-6-15(11-14)24-21(29)17-12-19(27)25-18-8-3-2-7-16(17)18/h2-8,11-12H,9-10H2,1H3,(H,22,26)(H,23,28)(H,24,29)(H,25,27). The summed E-state index contributed by atoms with van der Waals surface area (Å²) in [6.07, 6.45) is 0. The molecular weight excluding hydrogens is 372 g/mol. The van der Waals surface area contributed by atoms with Crippen LogP contribution in [0.25, 0.3) is 10.9 Å². The van der Waals surface area contributed by atoms with Gasteiger partial charge in [-0.1, -0.05) is 24.3 Å². The van der Waals surface area contributed by atoms with Crippen LogP contribution in [0.3, 0.4) is 0 Å². The van der Waals surface area contributed by atoms with Crippen molar-refractivity contribution in [1.29, 1.82) is 0 Å². The van der Waals surface area contributed by atoms with E-state index >= 15 is 0 Å². The molecule has 1 aromatic heterocycles. The average Bonchev–Trinajstić information content (AvgIpc) is 2.70. The summed E-state index contributed by atoms with van der Waals surface area (Å²) < 4.78 is 0. The van der Waals surface area contributed by atoms with Crippen LogP contribution >= 0.6 is 0 Å². The van der Waals surface area contributed by atoms with Gasteiger partial charge in [-0.15, -0.1) is 0 Å². The van der Waals surface area contributed by atoms with Crippen molar-refractivity contribution in [1.82, 2.24) is 15.6 Å². The van der Waals surface area contributed by atoms with Crippen molar-refractivity contribution in [3.63, 3.8) is 0 Å². The lowest BCUT2D eigenvalue weighted by molar-refractivity contribution is -0.118. The number of fused-ring (bicyclic) bond motifs is 1. The minimum atomic E-state index is -0.449. The summed E-state index contributed by atoms with van der Waals surface area (Å²) in [5.41, 5.74) is 1.23. The number of H-pyrrole nitrogens is 1. The van der Waals surface area contributed by atoms with E-state index in [1.54, 1.807) is 48.5 Å². The number of hydrogen-bond acceptors (Lipinski definition) is 4. The molecule has 0 unspecified atom stereocenters. The van der Waals surface area contributed by atoms with Gasteiger partial charge in [-0.25, -0.2) is 0 Å². The number of nitrogens with one attached hydrogen (secondary N) is 4. The van der Waals surface area contributed by atoms with Gasteiger partial charge >= 0.3 is 0 Å². The van der Waals surface area contributed by atoms with Gasteiger partial charge in [0.2, 0.25) is 11.5 Å². The zero-order valence-corrected chi connectivity index (χ0v) is 15.7. The molecule has 8 heteroatoms. The third-order valence-electron chi connectivity index (χ3n) is 4.16. The van der Waals surface area contributed by atoms with Crippen LogP contribution in [-0.4, -0.2) is 35.8 Å². The third kappa shape index (κ3) is 5.07. The van der Waals surface area contributed by atoms with E-state index in [0.29, 0.717) is 28.7 Å². The summed E-state index contributed by atoms with van der Waals surface area (Å²) in [5, 5.41) is 8.62. The predicted molar refractivity (Wildman–Crippen MR) is 110 cm³/mol. The maximum absolute atomic E-state index is 12.7. The number of aromatic nitrogens is 1. The molecule has 0 aliphatic heterocycles. The van der Waals surface area contributed by atoms with E-state index in [4.69, 9.17) is 0 Å². The van der Waals surface area contributed by atoms with Crippen LogP contribution in [0.15, 0.2) is 59.4 Å². The second-order valence-electron chi connectivity index (χ2n) is 6.37. The molecule has 0 radical (unpaired) electrons. The molecule has 0 aliphatic rings. The maximum atomic E-state index is 12.7. The summed E-state index contributed by atoms with van der Waals surface area (Å²) in [6.45, 7) is 2.01. The Hall–Kier alpha value is -3.94. The number of rotatable bonds is 6. The van der Waals surface area contributed by atoms with Crippen molar-refractivity contribution in [2.24, 2.45) is 0 Å². The topological polar surface area (TPSA) is 120 Å². The quantitative estimate of drug-likeness (QED) is 0.477. The van der Waals surface area contributed by atoms with E-state index in [1.807, 2.05) is 0 Å². The lowest BCUT2D eigenvalue weighted by atomic mass is 10.1. The van der Waals surface area contributed by atoms with Crippen molar-refractivity contribution in [2.75, 3.05) is 18.4 Å². The normalized spacial score (nSPS) is 10.4. The number of carbonyl (C=O) groups excluding carboxylic acids is 3. The molecule has 0 bridgehead atoms. The van der Waals surface area contributed by atoms with Gasteiger partial charge in [0.05, 0.1) is 5.56 Å². The fourth-order valence-corrected chi connectivity index (χ4v) is 2.85. The fraction of sp³-hybridized carbons (Fsp3) is 0.143. The smallest absolute Gasteiger partial charge is 0.256 e. The summed E-state index contributed by atoms with van der Waals surface area (Å²) in [7, 11) is 0. The molecule has 148 valence electrons.